The van der Waals surface area contributed by atoms with Crippen LogP contribution in [-0.2, 0) is 4.79 Å². The van der Waals surface area contributed by atoms with Crippen molar-refractivity contribution in [2.24, 2.45) is 0 Å². The number of nitrogens with zero attached hydrogens (tertiary/aromatic N) is 1. The summed E-state index contributed by atoms with van der Waals surface area (Å²) >= 11 is 0. The highest BCUT2D eigenvalue weighted by atomic mass is 16.2. The van der Waals surface area contributed by atoms with Gasteiger partial charge in [0, 0.05) is 19.2 Å². The molecule has 0 heterocycles. The standard InChI is InChI=1S/C24H25N3O2/c1-3-27(2)22-12-8-7-11-21(22)26-23(28)17-25-24(29)20-15-13-19(14-16-20)18-9-5-4-6-10-18/h4-16H,3,17H2,1-2H3,(H,25,29)(H,26,28). The van der Waals surface area contributed by atoms with Crippen LogP contribution in [0.2, 0.25) is 0 Å². The van der Waals surface area contributed by atoms with Crippen molar-refractivity contribution >= 4 is 23.2 Å². The summed E-state index contributed by atoms with van der Waals surface area (Å²) < 4.78 is 0. The molecule has 0 unspecified atom stereocenters. The van der Waals surface area contributed by atoms with Crippen molar-refractivity contribution in [3.05, 3.63) is 84.4 Å². The third-order valence-electron chi connectivity index (χ3n) is 4.73. The van der Waals surface area contributed by atoms with Gasteiger partial charge < -0.3 is 15.5 Å². The van der Waals surface area contributed by atoms with Crippen molar-refractivity contribution in [3.63, 3.8) is 0 Å². The van der Waals surface area contributed by atoms with E-state index in [4.69, 9.17) is 0 Å². The van der Waals surface area contributed by atoms with Crippen molar-refractivity contribution in [2.45, 2.75) is 6.92 Å². The number of benzene rings is 3. The molecule has 3 aromatic rings. The van der Waals surface area contributed by atoms with Gasteiger partial charge in [0.2, 0.25) is 5.91 Å². The van der Waals surface area contributed by atoms with E-state index in [1.807, 2.05) is 85.6 Å². The zero-order chi connectivity index (χ0) is 20.6. The van der Waals surface area contributed by atoms with Crippen molar-refractivity contribution in [2.75, 3.05) is 30.4 Å². The van der Waals surface area contributed by atoms with Gasteiger partial charge in [-0.3, -0.25) is 9.59 Å². The smallest absolute Gasteiger partial charge is 0.251 e. The van der Waals surface area contributed by atoms with Crippen LogP contribution in [0.15, 0.2) is 78.9 Å². The molecule has 5 nitrogen and oxygen atoms in total. The topological polar surface area (TPSA) is 61.4 Å². The zero-order valence-electron chi connectivity index (χ0n) is 16.7. The zero-order valence-corrected chi connectivity index (χ0v) is 16.7. The Morgan fingerprint density at radius 2 is 1.45 bits per heavy atom. The minimum absolute atomic E-state index is 0.0938. The Hall–Kier alpha value is -3.60. The maximum absolute atomic E-state index is 12.4. The van der Waals surface area contributed by atoms with Crippen molar-refractivity contribution in [3.8, 4) is 11.1 Å². The van der Waals surface area contributed by atoms with E-state index in [9.17, 15) is 9.59 Å². The number of hydrogen-bond acceptors (Lipinski definition) is 3. The molecule has 0 saturated carbocycles. The minimum Gasteiger partial charge on any atom is -0.373 e. The van der Waals surface area contributed by atoms with Crippen LogP contribution in [-0.4, -0.2) is 32.0 Å². The molecule has 0 saturated heterocycles. The first-order valence-corrected chi connectivity index (χ1v) is 9.62. The first kappa shape index (κ1) is 20.1. The average molecular weight is 387 g/mol. The van der Waals surface area contributed by atoms with E-state index >= 15 is 0 Å². The molecule has 0 aliphatic rings. The molecule has 0 atom stereocenters. The molecule has 2 N–H and O–H groups in total. The lowest BCUT2D eigenvalue weighted by Crippen LogP contribution is -2.33. The molecule has 0 aromatic heterocycles. The molecule has 2 amide bonds. The molecule has 29 heavy (non-hydrogen) atoms. The summed E-state index contributed by atoms with van der Waals surface area (Å²) in [4.78, 5) is 26.7. The summed E-state index contributed by atoms with van der Waals surface area (Å²) in [6.07, 6.45) is 0. The summed E-state index contributed by atoms with van der Waals surface area (Å²) in [6.45, 7) is 2.77. The molecule has 0 fully saturated rings. The van der Waals surface area contributed by atoms with Gasteiger partial charge in [0.15, 0.2) is 0 Å². The highest BCUT2D eigenvalue weighted by molar-refractivity contribution is 6.00. The Labute approximate surface area is 171 Å². The van der Waals surface area contributed by atoms with Gasteiger partial charge in [-0.25, -0.2) is 0 Å². The number of anilines is 2. The third-order valence-corrected chi connectivity index (χ3v) is 4.73. The Morgan fingerprint density at radius 1 is 0.828 bits per heavy atom. The second-order valence-electron chi connectivity index (χ2n) is 6.71. The second kappa shape index (κ2) is 9.55. The number of hydrogen-bond donors (Lipinski definition) is 2. The van der Waals surface area contributed by atoms with Crippen LogP contribution in [0.25, 0.3) is 11.1 Å². The average Bonchev–Trinajstić information content (AvgIpc) is 2.78. The number of amides is 2. The van der Waals surface area contributed by atoms with Gasteiger partial charge in [-0.05, 0) is 42.3 Å². The van der Waals surface area contributed by atoms with E-state index in [0.717, 1.165) is 29.0 Å². The highest BCUT2D eigenvalue weighted by Gasteiger charge is 2.11. The predicted molar refractivity (Wildman–Crippen MR) is 118 cm³/mol. The van der Waals surface area contributed by atoms with Crippen LogP contribution in [0.4, 0.5) is 11.4 Å². The summed E-state index contributed by atoms with van der Waals surface area (Å²) in [6, 6.07) is 24.9. The molecule has 0 bridgehead atoms. The van der Waals surface area contributed by atoms with Crippen LogP contribution in [0.3, 0.4) is 0 Å². The molecule has 3 rings (SSSR count). The molecule has 0 aliphatic heterocycles. The van der Waals surface area contributed by atoms with Crippen LogP contribution >= 0.6 is 0 Å². The van der Waals surface area contributed by atoms with Gasteiger partial charge in [-0.1, -0.05) is 54.6 Å². The Balaban J connectivity index is 1.58. The minimum atomic E-state index is -0.279. The van der Waals surface area contributed by atoms with Crippen molar-refractivity contribution in [1.82, 2.24) is 5.32 Å². The number of rotatable bonds is 7. The summed E-state index contributed by atoms with van der Waals surface area (Å²) in [7, 11) is 1.96. The lowest BCUT2D eigenvalue weighted by molar-refractivity contribution is -0.115. The van der Waals surface area contributed by atoms with Gasteiger partial charge in [0.25, 0.3) is 5.91 Å². The number of nitrogens with one attached hydrogen (secondary N) is 2. The first-order valence-electron chi connectivity index (χ1n) is 9.62. The van der Waals surface area contributed by atoms with Crippen LogP contribution in [0.5, 0.6) is 0 Å². The van der Waals surface area contributed by atoms with Crippen molar-refractivity contribution < 1.29 is 9.59 Å². The Bertz CT molecular complexity index is 969. The SMILES string of the molecule is CCN(C)c1ccccc1NC(=O)CNC(=O)c1ccc(-c2ccccc2)cc1. The van der Waals surface area contributed by atoms with Crippen LogP contribution < -0.4 is 15.5 Å². The third kappa shape index (κ3) is 5.23. The van der Waals surface area contributed by atoms with Crippen molar-refractivity contribution in [1.29, 1.82) is 0 Å². The van der Waals surface area contributed by atoms with Gasteiger partial charge in [0.1, 0.15) is 0 Å². The molecule has 5 heteroatoms. The van der Waals surface area contributed by atoms with E-state index < -0.39 is 0 Å². The monoisotopic (exact) mass is 387 g/mol. The largest absolute Gasteiger partial charge is 0.373 e. The molecule has 3 aromatic carbocycles. The first-order chi connectivity index (χ1) is 14.1. The van der Waals surface area contributed by atoms with Gasteiger partial charge in [0.05, 0.1) is 17.9 Å². The summed E-state index contributed by atoms with van der Waals surface area (Å²) in [5, 5.41) is 5.54. The number of para-hydroxylation sites is 2. The van der Waals surface area contributed by atoms with E-state index in [1.165, 1.54) is 0 Å². The quantitative estimate of drug-likeness (QED) is 0.639. The number of carbonyl (C=O) groups excluding carboxylic acids is 2. The van der Waals surface area contributed by atoms with E-state index in [-0.39, 0.29) is 18.4 Å². The van der Waals surface area contributed by atoms with Crippen LogP contribution in [0, 0.1) is 0 Å². The Morgan fingerprint density at radius 3 is 2.14 bits per heavy atom. The molecule has 0 spiro atoms. The maximum atomic E-state index is 12.4. The predicted octanol–water partition coefficient (Wildman–Crippen LogP) is 4.18. The normalized spacial score (nSPS) is 10.3. The maximum Gasteiger partial charge on any atom is 0.251 e. The van der Waals surface area contributed by atoms with Crippen LogP contribution in [0.1, 0.15) is 17.3 Å². The van der Waals surface area contributed by atoms with Gasteiger partial charge in [-0.15, -0.1) is 0 Å². The fourth-order valence-electron chi connectivity index (χ4n) is 2.98. The second-order valence-corrected chi connectivity index (χ2v) is 6.71. The van der Waals surface area contributed by atoms with Gasteiger partial charge in [-0.2, -0.15) is 0 Å². The fraction of sp³-hybridized carbons (Fsp3) is 0.167. The van der Waals surface area contributed by atoms with E-state index in [1.54, 1.807) is 12.1 Å². The molecule has 148 valence electrons. The highest BCUT2D eigenvalue weighted by Crippen LogP contribution is 2.24. The summed E-state index contributed by atoms with van der Waals surface area (Å²) in [5.74, 6) is -0.546. The molecular formula is C24H25N3O2. The molecule has 0 radical (unpaired) electrons. The van der Waals surface area contributed by atoms with E-state index in [2.05, 4.69) is 10.6 Å². The van der Waals surface area contributed by atoms with Gasteiger partial charge >= 0.3 is 0 Å². The lowest BCUT2D eigenvalue weighted by Gasteiger charge is -2.20. The molecular weight excluding hydrogens is 362 g/mol. The lowest BCUT2D eigenvalue weighted by atomic mass is 10.0. The Kier molecular flexibility index (Phi) is 6.63. The van der Waals surface area contributed by atoms with E-state index in [0.29, 0.717) is 5.56 Å². The number of carbonyl (C=O) groups is 2. The summed E-state index contributed by atoms with van der Waals surface area (Å²) in [5.41, 5.74) is 4.31. The fourth-order valence-corrected chi connectivity index (χ4v) is 2.98. The molecule has 0 aliphatic carbocycles.